The van der Waals surface area contributed by atoms with E-state index in [4.69, 9.17) is 9.47 Å². The van der Waals surface area contributed by atoms with Crippen molar-refractivity contribution in [1.29, 1.82) is 0 Å². The maximum absolute atomic E-state index is 12.8. The minimum absolute atomic E-state index is 0.0785. The summed E-state index contributed by atoms with van der Waals surface area (Å²) in [7, 11) is 0. The monoisotopic (exact) mass is 351 g/mol. The molecule has 1 spiro atoms. The number of likely N-dealkylation sites (tertiary alicyclic amines) is 1. The van der Waals surface area contributed by atoms with Crippen LogP contribution in [0.3, 0.4) is 0 Å². The summed E-state index contributed by atoms with van der Waals surface area (Å²) in [4.78, 5) is 27.0. The summed E-state index contributed by atoms with van der Waals surface area (Å²) in [6, 6.07) is 16.6. The van der Waals surface area contributed by atoms with E-state index >= 15 is 0 Å². The smallest absolute Gasteiger partial charge is 0.263 e. The molecule has 1 fully saturated rings. The van der Waals surface area contributed by atoms with Crippen molar-refractivity contribution in [3.8, 4) is 11.5 Å². The lowest BCUT2D eigenvalue weighted by atomic mass is 9.89. The number of rotatable bonds is 3. The molecule has 1 amide bonds. The van der Waals surface area contributed by atoms with Crippen molar-refractivity contribution < 1.29 is 19.1 Å². The van der Waals surface area contributed by atoms with Gasteiger partial charge in [-0.3, -0.25) is 9.59 Å². The van der Waals surface area contributed by atoms with E-state index in [1.807, 2.05) is 48.5 Å². The fourth-order valence-corrected chi connectivity index (χ4v) is 3.71. The summed E-state index contributed by atoms with van der Waals surface area (Å²) in [5, 5.41) is 0. The first-order valence-corrected chi connectivity index (χ1v) is 8.88. The zero-order valence-corrected chi connectivity index (χ0v) is 14.7. The van der Waals surface area contributed by atoms with Crippen molar-refractivity contribution >= 4 is 11.7 Å². The van der Waals surface area contributed by atoms with Gasteiger partial charge in [-0.25, -0.2) is 0 Å². The molecule has 5 heteroatoms. The van der Waals surface area contributed by atoms with Gasteiger partial charge in [-0.1, -0.05) is 30.3 Å². The van der Waals surface area contributed by atoms with E-state index in [1.54, 1.807) is 17.9 Å². The van der Waals surface area contributed by atoms with Crippen LogP contribution in [0.5, 0.6) is 11.5 Å². The number of Topliss-reactive ketones (excluding diaryl/α,β-unsaturated/α-hetero) is 1. The SMILES string of the molecule is CC(Oc1ccccc1)C(=O)N1CCC2(CC(=O)c3ccccc3O2)C1. The number of hydrogen-bond acceptors (Lipinski definition) is 4. The van der Waals surface area contributed by atoms with Gasteiger partial charge in [0.05, 0.1) is 18.5 Å². The fraction of sp³-hybridized carbons (Fsp3) is 0.333. The van der Waals surface area contributed by atoms with Crippen LogP contribution in [0.1, 0.15) is 30.1 Å². The zero-order chi connectivity index (χ0) is 18.1. The quantitative estimate of drug-likeness (QED) is 0.853. The number of para-hydroxylation sites is 2. The normalized spacial score (nSPS) is 22.7. The Morgan fingerprint density at radius 3 is 2.69 bits per heavy atom. The van der Waals surface area contributed by atoms with Crippen LogP contribution in [-0.4, -0.2) is 41.4 Å². The molecule has 2 unspecified atom stereocenters. The van der Waals surface area contributed by atoms with E-state index in [9.17, 15) is 9.59 Å². The van der Waals surface area contributed by atoms with Gasteiger partial charge in [-0.05, 0) is 31.2 Å². The Kier molecular flexibility index (Phi) is 4.15. The molecule has 26 heavy (non-hydrogen) atoms. The van der Waals surface area contributed by atoms with Gasteiger partial charge in [-0.2, -0.15) is 0 Å². The second kappa shape index (κ2) is 6.48. The fourth-order valence-electron chi connectivity index (χ4n) is 3.71. The molecule has 4 rings (SSSR count). The molecule has 1 saturated heterocycles. The van der Waals surface area contributed by atoms with Crippen LogP contribution >= 0.6 is 0 Å². The first-order chi connectivity index (χ1) is 12.6. The Morgan fingerprint density at radius 1 is 1.15 bits per heavy atom. The number of ketones is 1. The Hall–Kier alpha value is -2.82. The highest BCUT2D eigenvalue weighted by atomic mass is 16.5. The molecule has 5 nitrogen and oxygen atoms in total. The van der Waals surface area contributed by atoms with Crippen molar-refractivity contribution in [2.45, 2.75) is 31.5 Å². The Morgan fingerprint density at radius 2 is 1.88 bits per heavy atom. The van der Waals surface area contributed by atoms with Crippen molar-refractivity contribution in [2.24, 2.45) is 0 Å². The minimum Gasteiger partial charge on any atom is -0.484 e. The topological polar surface area (TPSA) is 55.8 Å². The third kappa shape index (κ3) is 3.05. The summed E-state index contributed by atoms with van der Waals surface area (Å²) in [5.41, 5.74) is 0.0109. The van der Waals surface area contributed by atoms with Crippen LogP contribution in [0.2, 0.25) is 0 Å². The van der Waals surface area contributed by atoms with Gasteiger partial charge < -0.3 is 14.4 Å². The van der Waals surface area contributed by atoms with E-state index in [0.29, 0.717) is 43.0 Å². The van der Waals surface area contributed by atoms with Gasteiger partial charge in [0, 0.05) is 13.0 Å². The van der Waals surface area contributed by atoms with Crippen LogP contribution in [-0.2, 0) is 4.79 Å². The van der Waals surface area contributed by atoms with Crippen LogP contribution in [0.15, 0.2) is 54.6 Å². The number of nitrogens with zero attached hydrogens (tertiary/aromatic N) is 1. The molecule has 0 aliphatic carbocycles. The molecular formula is C21H21NO4. The van der Waals surface area contributed by atoms with E-state index in [1.165, 1.54) is 0 Å². The van der Waals surface area contributed by atoms with E-state index in [-0.39, 0.29) is 11.7 Å². The highest BCUT2D eigenvalue weighted by Crippen LogP contribution is 2.38. The number of amides is 1. The lowest BCUT2D eigenvalue weighted by molar-refractivity contribution is -0.137. The van der Waals surface area contributed by atoms with Crippen LogP contribution in [0, 0.1) is 0 Å². The predicted octanol–water partition coefficient (Wildman–Crippen LogP) is 3.09. The van der Waals surface area contributed by atoms with Gasteiger partial charge in [0.25, 0.3) is 5.91 Å². The first-order valence-electron chi connectivity index (χ1n) is 8.88. The number of carbonyl (C=O) groups excluding carboxylic acids is 2. The van der Waals surface area contributed by atoms with Crippen LogP contribution in [0.4, 0.5) is 0 Å². The summed E-state index contributed by atoms with van der Waals surface area (Å²) < 4.78 is 11.9. The van der Waals surface area contributed by atoms with Gasteiger partial charge in [0.15, 0.2) is 11.9 Å². The summed E-state index contributed by atoms with van der Waals surface area (Å²) in [6.45, 7) is 2.73. The predicted molar refractivity (Wildman–Crippen MR) is 96.5 cm³/mol. The summed E-state index contributed by atoms with van der Waals surface area (Å²) >= 11 is 0. The number of fused-ring (bicyclic) bond motifs is 1. The highest BCUT2D eigenvalue weighted by molar-refractivity contribution is 6.00. The van der Waals surface area contributed by atoms with E-state index in [2.05, 4.69) is 0 Å². The van der Waals surface area contributed by atoms with Crippen molar-refractivity contribution in [2.75, 3.05) is 13.1 Å². The van der Waals surface area contributed by atoms with Crippen LogP contribution in [0.25, 0.3) is 0 Å². The molecule has 134 valence electrons. The molecule has 2 heterocycles. The average molecular weight is 351 g/mol. The maximum atomic E-state index is 12.8. The summed E-state index contributed by atoms with van der Waals surface area (Å²) in [6.07, 6.45) is 0.373. The third-order valence-corrected chi connectivity index (χ3v) is 5.03. The second-order valence-electron chi connectivity index (χ2n) is 6.96. The molecule has 2 aliphatic heterocycles. The van der Waals surface area contributed by atoms with Crippen molar-refractivity contribution in [1.82, 2.24) is 4.90 Å². The Bertz CT molecular complexity index is 835. The molecular weight excluding hydrogens is 330 g/mol. The van der Waals surface area contributed by atoms with E-state index in [0.717, 1.165) is 0 Å². The number of benzene rings is 2. The van der Waals surface area contributed by atoms with Gasteiger partial charge in [0.1, 0.15) is 17.1 Å². The van der Waals surface area contributed by atoms with E-state index < -0.39 is 11.7 Å². The Labute approximate surface area is 152 Å². The molecule has 0 radical (unpaired) electrons. The first kappa shape index (κ1) is 16.6. The largest absolute Gasteiger partial charge is 0.484 e. The third-order valence-electron chi connectivity index (χ3n) is 5.03. The molecule has 0 saturated carbocycles. The minimum atomic E-state index is -0.617. The second-order valence-corrected chi connectivity index (χ2v) is 6.96. The van der Waals surface area contributed by atoms with Gasteiger partial charge in [-0.15, -0.1) is 0 Å². The Balaban J connectivity index is 1.45. The van der Waals surface area contributed by atoms with Gasteiger partial charge in [0.2, 0.25) is 0 Å². The number of hydrogen-bond donors (Lipinski definition) is 0. The lowest BCUT2D eigenvalue weighted by Crippen LogP contribution is -2.47. The average Bonchev–Trinajstić information content (AvgIpc) is 3.05. The molecule has 2 atom stereocenters. The molecule has 0 N–H and O–H groups in total. The standard InChI is InChI=1S/C21H21NO4/c1-15(25-16-7-3-2-4-8-16)20(24)22-12-11-21(14-22)13-18(23)17-9-5-6-10-19(17)26-21/h2-10,15H,11-14H2,1H3. The molecule has 2 aliphatic rings. The van der Waals surface area contributed by atoms with Gasteiger partial charge >= 0.3 is 0 Å². The zero-order valence-electron chi connectivity index (χ0n) is 14.7. The molecule has 2 aromatic carbocycles. The molecule has 2 aromatic rings. The van der Waals surface area contributed by atoms with Crippen LogP contribution < -0.4 is 9.47 Å². The number of ether oxygens (including phenoxy) is 2. The molecule has 0 bridgehead atoms. The maximum Gasteiger partial charge on any atom is 0.263 e. The lowest BCUT2D eigenvalue weighted by Gasteiger charge is -2.34. The van der Waals surface area contributed by atoms with Crippen molar-refractivity contribution in [3.63, 3.8) is 0 Å². The molecule has 0 aromatic heterocycles. The highest BCUT2D eigenvalue weighted by Gasteiger charge is 2.47. The summed E-state index contributed by atoms with van der Waals surface area (Å²) in [5.74, 6) is 1.28. The van der Waals surface area contributed by atoms with Crippen molar-refractivity contribution in [3.05, 3.63) is 60.2 Å². The number of carbonyl (C=O) groups is 2.